The van der Waals surface area contributed by atoms with E-state index < -0.39 is 17.8 Å². The van der Waals surface area contributed by atoms with Gasteiger partial charge < -0.3 is 10.1 Å². The second kappa shape index (κ2) is 13.4. The van der Waals surface area contributed by atoms with E-state index in [1.807, 2.05) is 29.6 Å². The van der Waals surface area contributed by atoms with Gasteiger partial charge in [-0.3, -0.25) is 14.2 Å². The smallest absolute Gasteiger partial charge is 0.254 e. The van der Waals surface area contributed by atoms with Gasteiger partial charge in [0, 0.05) is 6.42 Å². The first-order valence-electron chi connectivity index (χ1n) is 13.8. The number of carbonyl (C=O) groups excluding carboxylic acids is 2. The van der Waals surface area contributed by atoms with Gasteiger partial charge in [0.25, 0.3) is 11.8 Å². The summed E-state index contributed by atoms with van der Waals surface area (Å²) in [5.41, 5.74) is 2.06. The number of thiophene rings is 1. The molecule has 1 N–H and O–H groups in total. The molecule has 0 radical (unpaired) electrons. The van der Waals surface area contributed by atoms with E-state index in [1.54, 1.807) is 34.9 Å². The Labute approximate surface area is 265 Å². The van der Waals surface area contributed by atoms with Crippen LogP contribution in [0.3, 0.4) is 0 Å². The van der Waals surface area contributed by atoms with Crippen LogP contribution in [0.15, 0.2) is 101 Å². The molecule has 1 aliphatic heterocycles. The summed E-state index contributed by atoms with van der Waals surface area (Å²) >= 11 is 2.69. The van der Waals surface area contributed by atoms with E-state index in [0.29, 0.717) is 28.8 Å². The average Bonchev–Trinajstić information content (AvgIpc) is 3.83. The minimum absolute atomic E-state index is 0.0339. The average molecular weight is 645 g/mol. The molecule has 9 nitrogen and oxygen atoms in total. The van der Waals surface area contributed by atoms with E-state index >= 15 is 0 Å². The number of rotatable bonds is 10. The summed E-state index contributed by atoms with van der Waals surface area (Å²) in [7, 11) is 1.53. The van der Waals surface area contributed by atoms with Crippen LogP contribution in [-0.2, 0) is 11.3 Å². The number of nitrogens with zero attached hydrogens (tertiary/aromatic N) is 5. The van der Waals surface area contributed by atoms with Crippen LogP contribution in [-0.4, -0.2) is 50.2 Å². The van der Waals surface area contributed by atoms with Crippen LogP contribution in [0.4, 0.5) is 8.78 Å². The minimum Gasteiger partial charge on any atom is -0.495 e. The van der Waals surface area contributed by atoms with Gasteiger partial charge in [0.1, 0.15) is 17.4 Å². The van der Waals surface area contributed by atoms with Crippen LogP contribution < -0.4 is 10.1 Å². The number of para-hydroxylation sites is 2. The van der Waals surface area contributed by atoms with Gasteiger partial charge in [-0.2, -0.15) is 5.10 Å². The van der Waals surface area contributed by atoms with E-state index in [0.717, 1.165) is 27.9 Å². The number of ether oxygens (including phenoxy) is 1. The second-order valence-corrected chi connectivity index (χ2v) is 11.8. The molecule has 0 aliphatic carbocycles. The number of amides is 2. The number of nitrogens with one attached hydrogen (secondary N) is 1. The normalized spacial score (nSPS) is 14.3. The summed E-state index contributed by atoms with van der Waals surface area (Å²) in [6.45, 7) is -0.0695. The zero-order valence-corrected chi connectivity index (χ0v) is 25.5. The summed E-state index contributed by atoms with van der Waals surface area (Å²) in [5, 5.41) is 19.8. The summed E-state index contributed by atoms with van der Waals surface area (Å²) in [6, 6.07) is 22.5. The molecule has 13 heteroatoms. The molecule has 3 heterocycles. The minimum atomic E-state index is -0.637. The Bertz CT molecular complexity index is 1860. The van der Waals surface area contributed by atoms with Crippen molar-refractivity contribution in [2.24, 2.45) is 5.10 Å². The first-order valence-corrected chi connectivity index (χ1v) is 15.7. The van der Waals surface area contributed by atoms with Gasteiger partial charge in [-0.15, -0.1) is 21.5 Å². The fourth-order valence-electron chi connectivity index (χ4n) is 4.93. The highest BCUT2D eigenvalue weighted by Gasteiger charge is 2.34. The number of halogens is 2. The van der Waals surface area contributed by atoms with Gasteiger partial charge in [-0.25, -0.2) is 13.8 Å². The molecule has 1 unspecified atom stereocenters. The maximum Gasteiger partial charge on any atom is 0.254 e. The number of benzene rings is 3. The van der Waals surface area contributed by atoms with Crippen LogP contribution in [0.5, 0.6) is 5.75 Å². The molecule has 2 amide bonds. The highest BCUT2D eigenvalue weighted by Crippen LogP contribution is 2.35. The third-order valence-corrected chi connectivity index (χ3v) is 8.94. The standard InChI is InChI=1S/C32H26F2N6O3S2/c1-43-27-10-5-4-9-25(27)39-29(18-35-31(42)22-7-2-3-8-23(22)34)36-37-32(39)45-19-30(41)40-26(20-12-14-21(33)15-13-20)17-24(38-40)28-11-6-16-44-28/h2-16,26H,17-19H2,1H3,(H,35,42). The Hall–Kier alpha value is -4.88. The Kier molecular flexibility index (Phi) is 8.98. The lowest BCUT2D eigenvalue weighted by Crippen LogP contribution is -2.28. The third kappa shape index (κ3) is 6.49. The van der Waals surface area contributed by atoms with Crippen LogP contribution in [0.1, 0.15) is 39.1 Å². The van der Waals surface area contributed by atoms with Crippen molar-refractivity contribution in [3.8, 4) is 11.4 Å². The molecule has 0 bridgehead atoms. The van der Waals surface area contributed by atoms with Crippen molar-refractivity contribution >= 4 is 40.6 Å². The summed E-state index contributed by atoms with van der Waals surface area (Å²) in [4.78, 5) is 27.4. The van der Waals surface area contributed by atoms with Gasteiger partial charge in [-0.05, 0) is 53.4 Å². The van der Waals surface area contributed by atoms with E-state index in [-0.39, 0.29) is 29.6 Å². The molecular formula is C32H26F2N6O3S2. The van der Waals surface area contributed by atoms with Gasteiger partial charge in [-0.1, -0.05) is 54.2 Å². The number of methoxy groups -OCH3 is 1. The highest BCUT2D eigenvalue weighted by molar-refractivity contribution is 7.99. The van der Waals surface area contributed by atoms with Crippen LogP contribution >= 0.6 is 23.1 Å². The summed E-state index contributed by atoms with van der Waals surface area (Å²) < 4.78 is 35.2. The Morgan fingerprint density at radius 2 is 1.78 bits per heavy atom. The van der Waals surface area contributed by atoms with E-state index in [2.05, 4.69) is 20.6 Å². The fraction of sp³-hybridized carbons (Fsp3) is 0.156. The van der Waals surface area contributed by atoms with Crippen molar-refractivity contribution < 1.29 is 23.1 Å². The first-order chi connectivity index (χ1) is 21.9. The number of hydrogen-bond donors (Lipinski definition) is 1. The molecule has 228 valence electrons. The maximum atomic E-state index is 14.2. The highest BCUT2D eigenvalue weighted by atomic mass is 32.2. The van der Waals surface area contributed by atoms with Crippen LogP contribution in [0.25, 0.3) is 5.69 Å². The molecule has 3 aromatic carbocycles. The van der Waals surface area contributed by atoms with Crippen molar-refractivity contribution in [1.29, 1.82) is 0 Å². The monoisotopic (exact) mass is 644 g/mol. The molecule has 5 aromatic rings. The van der Waals surface area contributed by atoms with Crippen molar-refractivity contribution in [1.82, 2.24) is 25.1 Å². The van der Waals surface area contributed by atoms with Crippen molar-refractivity contribution in [3.05, 3.63) is 124 Å². The lowest BCUT2D eigenvalue weighted by atomic mass is 10.0. The number of thioether (sulfide) groups is 1. The molecule has 6 rings (SSSR count). The van der Waals surface area contributed by atoms with Crippen LogP contribution in [0, 0.1) is 11.6 Å². The molecule has 0 fully saturated rings. The zero-order chi connectivity index (χ0) is 31.3. The van der Waals surface area contributed by atoms with Crippen molar-refractivity contribution in [2.75, 3.05) is 12.9 Å². The largest absolute Gasteiger partial charge is 0.495 e. The van der Waals surface area contributed by atoms with Crippen LogP contribution in [0.2, 0.25) is 0 Å². The molecular weight excluding hydrogens is 619 g/mol. The number of aromatic nitrogens is 3. The molecule has 2 aromatic heterocycles. The topological polar surface area (TPSA) is 102 Å². The lowest BCUT2D eigenvalue weighted by Gasteiger charge is -2.22. The summed E-state index contributed by atoms with van der Waals surface area (Å²) in [5.74, 6) is -1.04. The molecule has 0 saturated heterocycles. The molecule has 1 aliphatic rings. The Morgan fingerprint density at radius 1 is 1.00 bits per heavy atom. The van der Waals surface area contributed by atoms with Crippen molar-refractivity contribution in [2.45, 2.75) is 24.2 Å². The van der Waals surface area contributed by atoms with E-state index in [4.69, 9.17) is 4.74 Å². The molecule has 0 saturated carbocycles. The maximum absolute atomic E-state index is 14.2. The zero-order valence-electron chi connectivity index (χ0n) is 23.9. The van der Waals surface area contributed by atoms with Gasteiger partial charge >= 0.3 is 0 Å². The SMILES string of the molecule is COc1ccccc1-n1c(CNC(=O)c2ccccc2F)nnc1SCC(=O)N1N=C(c2cccs2)CC1c1ccc(F)cc1. The molecule has 1 atom stereocenters. The number of hydrazone groups is 1. The van der Waals surface area contributed by atoms with Crippen molar-refractivity contribution in [3.63, 3.8) is 0 Å². The fourth-order valence-corrected chi connectivity index (χ4v) is 6.47. The summed E-state index contributed by atoms with van der Waals surface area (Å²) in [6.07, 6.45) is 0.492. The van der Waals surface area contributed by atoms with Gasteiger partial charge in [0.2, 0.25) is 0 Å². The number of hydrogen-bond acceptors (Lipinski definition) is 8. The number of carbonyl (C=O) groups is 2. The molecule has 45 heavy (non-hydrogen) atoms. The Morgan fingerprint density at radius 3 is 2.53 bits per heavy atom. The van der Waals surface area contributed by atoms with E-state index in [9.17, 15) is 18.4 Å². The second-order valence-electron chi connectivity index (χ2n) is 9.89. The lowest BCUT2D eigenvalue weighted by molar-refractivity contribution is -0.130. The predicted molar refractivity (Wildman–Crippen MR) is 168 cm³/mol. The predicted octanol–water partition coefficient (Wildman–Crippen LogP) is 6.02. The Balaban J connectivity index is 1.26. The quantitative estimate of drug-likeness (QED) is 0.187. The molecule has 0 spiro atoms. The third-order valence-electron chi connectivity index (χ3n) is 7.10. The van der Waals surface area contributed by atoms with E-state index in [1.165, 1.54) is 53.8 Å². The first kappa shape index (κ1) is 30.2. The van der Waals surface area contributed by atoms with Gasteiger partial charge in [0.15, 0.2) is 11.0 Å². The van der Waals surface area contributed by atoms with Gasteiger partial charge in [0.05, 0.1) is 47.3 Å².